The molecule has 0 aliphatic carbocycles. The number of hydrogen-bond acceptors (Lipinski definition) is 2. The van der Waals surface area contributed by atoms with E-state index in [4.69, 9.17) is 23.2 Å². The minimum atomic E-state index is 0.604. The summed E-state index contributed by atoms with van der Waals surface area (Å²) in [6.45, 7) is 2.95. The Labute approximate surface area is 127 Å². The summed E-state index contributed by atoms with van der Waals surface area (Å²) in [7, 11) is 0. The van der Waals surface area contributed by atoms with Gasteiger partial charge in [0.1, 0.15) is 5.65 Å². The highest BCUT2D eigenvalue weighted by Crippen LogP contribution is 2.30. The highest BCUT2D eigenvalue weighted by Gasteiger charge is 2.09. The second-order valence-corrected chi connectivity index (χ2v) is 5.31. The molecule has 5 heteroatoms. The number of nitrogens with zero attached hydrogens (tertiary/aromatic N) is 2. The van der Waals surface area contributed by atoms with Crippen LogP contribution >= 0.6 is 23.2 Å². The first-order valence-corrected chi connectivity index (χ1v) is 7.11. The molecule has 1 aromatic carbocycles. The van der Waals surface area contributed by atoms with Crippen LogP contribution in [0.3, 0.4) is 0 Å². The molecule has 0 atom stereocenters. The second kappa shape index (κ2) is 5.35. The van der Waals surface area contributed by atoms with Gasteiger partial charge in [0.25, 0.3) is 0 Å². The van der Waals surface area contributed by atoms with Crippen LogP contribution in [0.5, 0.6) is 0 Å². The normalized spacial score (nSPS) is 10.9. The van der Waals surface area contributed by atoms with Crippen molar-refractivity contribution in [1.29, 1.82) is 0 Å². The van der Waals surface area contributed by atoms with Gasteiger partial charge in [-0.05, 0) is 37.3 Å². The number of halogens is 2. The van der Waals surface area contributed by atoms with Crippen molar-refractivity contribution < 1.29 is 0 Å². The van der Waals surface area contributed by atoms with Crippen LogP contribution in [-0.4, -0.2) is 15.9 Å². The average Bonchev–Trinajstić information content (AvgIpc) is 2.81. The van der Waals surface area contributed by atoms with Crippen LogP contribution in [0.2, 0.25) is 10.0 Å². The molecule has 0 saturated carbocycles. The maximum Gasteiger partial charge on any atom is 0.137 e. The van der Waals surface area contributed by atoms with Crippen LogP contribution in [0.15, 0.2) is 42.7 Å². The molecule has 0 unspecified atom stereocenters. The summed E-state index contributed by atoms with van der Waals surface area (Å²) in [6, 6.07) is 9.42. The number of hydrogen-bond donors (Lipinski definition) is 1. The van der Waals surface area contributed by atoms with E-state index in [0.717, 1.165) is 29.1 Å². The van der Waals surface area contributed by atoms with Gasteiger partial charge in [-0.2, -0.15) is 0 Å². The number of nitrogens with one attached hydrogen (secondary N) is 1. The molecule has 102 valence electrons. The van der Waals surface area contributed by atoms with Crippen molar-refractivity contribution in [3.8, 4) is 11.3 Å². The van der Waals surface area contributed by atoms with E-state index in [1.807, 2.05) is 41.1 Å². The minimum absolute atomic E-state index is 0.604. The molecule has 0 aliphatic rings. The van der Waals surface area contributed by atoms with Crippen LogP contribution in [0.1, 0.15) is 6.92 Å². The number of imidazole rings is 1. The Morgan fingerprint density at radius 2 is 2.00 bits per heavy atom. The predicted octanol–water partition coefficient (Wildman–Crippen LogP) is 4.74. The minimum Gasteiger partial charge on any atom is -0.384 e. The van der Waals surface area contributed by atoms with Crippen LogP contribution in [0.4, 0.5) is 5.69 Å². The molecule has 3 rings (SSSR count). The summed E-state index contributed by atoms with van der Waals surface area (Å²) in [5.41, 5.74) is 3.66. The number of anilines is 1. The van der Waals surface area contributed by atoms with Crippen LogP contribution in [0.25, 0.3) is 16.9 Å². The first kappa shape index (κ1) is 13.3. The van der Waals surface area contributed by atoms with E-state index in [-0.39, 0.29) is 0 Å². The first-order valence-electron chi connectivity index (χ1n) is 6.35. The Morgan fingerprint density at radius 3 is 2.75 bits per heavy atom. The van der Waals surface area contributed by atoms with Crippen molar-refractivity contribution in [3.63, 3.8) is 0 Å². The molecule has 0 amide bonds. The Hall–Kier alpha value is -1.71. The van der Waals surface area contributed by atoms with Crippen molar-refractivity contribution in [1.82, 2.24) is 9.38 Å². The highest BCUT2D eigenvalue weighted by atomic mass is 35.5. The molecule has 3 aromatic rings. The smallest absolute Gasteiger partial charge is 0.137 e. The number of fused-ring (bicyclic) bond motifs is 1. The summed E-state index contributed by atoms with van der Waals surface area (Å²) >= 11 is 12.1. The van der Waals surface area contributed by atoms with E-state index in [9.17, 15) is 0 Å². The lowest BCUT2D eigenvalue weighted by Crippen LogP contribution is -1.97. The number of aromatic nitrogens is 2. The lowest BCUT2D eigenvalue weighted by atomic mass is 10.2. The molecule has 1 N–H and O–H groups in total. The molecule has 20 heavy (non-hydrogen) atoms. The Morgan fingerprint density at radius 1 is 1.15 bits per heavy atom. The molecule has 0 saturated heterocycles. The zero-order valence-corrected chi connectivity index (χ0v) is 12.4. The molecule has 0 aliphatic heterocycles. The van der Waals surface area contributed by atoms with Gasteiger partial charge in [0.15, 0.2) is 0 Å². The van der Waals surface area contributed by atoms with Gasteiger partial charge >= 0.3 is 0 Å². The highest BCUT2D eigenvalue weighted by molar-refractivity contribution is 6.36. The SMILES string of the molecule is CCNc1ccc2nc(-c3ccc(Cl)cc3Cl)cn2c1. The van der Waals surface area contributed by atoms with E-state index < -0.39 is 0 Å². The summed E-state index contributed by atoms with van der Waals surface area (Å²) in [5, 5.41) is 4.50. The summed E-state index contributed by atoms with van der Waals surface area (Å²) in [4.78, 5) is 4.58. The van der Waals surface area contributed by atoms with Crippen molar-refractivity contribution in [2.45, 2.75) is 6.92 Å². The molecule has 0 bridgehead atoms. The number of pyridine rings is 1. The first-order chi connectivity index (χ1) is 9.67. The van der Waals surface area contributed by atoms with Crippen molar-refractivity contribution in [2.75, 3.05) is 11.9 Å². The third-order valence-corrected chi connectivity index (χ3v) is 3.59. The molecule has 3 nitrogen and oxygen atoms in total. The second-order valence-electron chi connectivity index (χ2n) is 4.46. The van der Waals surface area contributed by atoms with Gasteiger partial charge in [-0.3, -0.25) is 0 Å². The van der Waals surface area contributed by atoms with E-state index >= 15 is 0 Å². The lowest BCUT2D eigenvalue weighted by molar-refractivity contribution is 1.15. The predicted molar refractivity (Wildman–Crippen MR) is 84.8 cm³/mol. The molecule has 0 fully saturated rings. The molecular weight excluding hydrogens is 293 g/mol. The Bertz CT molecular complexity index is 765. The average molecular weight is 306 g/mol. The standard InChI is InChI=1S/C15H13Cl2N3/c1-2-18-11-4-6-15-19-14(9-20(15)8-11)12-5-3-10(16)7-13(12)17/h3-9,18H,2H2,1H3. The molecule has 0 radical (unpaired) electrons. The fourth-order valence-corrected chi connectivity index (χ4v) is 2.63. The van der Waals surface area contributed by atoms with Crippen molar-refractivity contribution >= 4 is 34.5 Å². The van der Waals surface area contributed by atoms with E-state index in [0.29, 0.717) is 10.0 Å². The number of rotatable bonds is 3. The fourth-order valence-electron chi connectivity index (χ4n) is 2.13. The van der Waals surface area contributed by atoms with Crippen LogP contribution in [-0.2, 0) is 0 Å². The van der Waals surface area contributed by atoms with Crippen molar-refractivity contribution in [2.24, 2.45) is 0 Å². The molecule has 2 heterocycles. The zero-order chi connectivity index (χ0) is 14.1. The van der Waals surface area contributed by atoms with Gasteiger partial charge in [0.05, 0.1) is 16.4 Å². The van der Waals surface area contributed by atoms with E-state index in [1.54, 1.807) is 6.07 Å². The Balaban J connectivity index is 2.08. The largest absolute Gasteiger partial charge is 0.384 e. The fraction of sp³-hybridized carbons (Fsp3) is 0.133. The monoisotopic (exact) mass is 305 g/mol. The van der Waals surface area contributed by atoms with Gasteiger partial charge < -0.3 is 9.72 Å². The van der Waals surface area contributed by atoms with Gasteiger partial charge in [0, 0.05) is 29.5 Å². The van der Waals surface area contributed by atoms with Gasteiger partial charge in [0.2, 0.25) is 0 Å². The Kier molecular flexibility index (Phi) is 3.55. The molecule has 0 spiro atoms. The van der Waals surface area contributed by atoms with Gasteiger partial charge in [-0.25, -0.2) is 4.98 Å². The summed E-state index contributed by atoms with van der Waals surface area (Å²) in [6.07, 6.45) is 3.98. The maximum atomic E-state index is 6.23. The van der Waals surface area contributed by atoms with Crippen LogP contribution in [0, 0.1) is 0 Å². The zero-order valence-electron chi connectivity index (χ0n) is 10.9. The summed E-state index contributed by atoms with van der Waals surface area (Å²) < 4.78 is 1.98. The van der Waals surface area contributed by atoms with Gasteiger partial charge in [-0.1, -0.05) is 23.2 Å². The third kappa shape index (κ3) is 2.47. The van der Waals surface area contributed by atoms with Gasteiger partial charge in [-0.15, -0.1) is 0 Å². The topological polar surface area (TPSA) is 29.3 Å². The van der Waals surface area contributed by atoms with Crippen molar-refractivity contribution in [3.05, 3.63) is 52.8 Å². The summed E-state index contributed by atoms with van der Waals surface area (Å²) in [5.74, 6) is 0. The quantitative estimate of drug-likeness (QED) is 0.757. The van der Waals surface area contributed by atoms with E-state index in [2.05, 4.69) is 17.2 Å². The number of benzene rings is 1. The van der Waals surface area contributed by atoms with E-state index in [1.165, 1.54) is 0 Å². The molecular formula is C15H13Cl2N3. The third-order valence-electron chi connectivity index (χ3n) is 3.04. The van der Waals surface area contributed by atoms with Crippen LogP contribution < -0.4 is 5.32 Å². The molecule has 2 aromatic heterocycles. The maximum absolute atomic E-state index is 6.23. The lowest BCUT2D eigenvalue weighted by Gasteiger charge is -2.02.